The van der Waals surface area contributed by atoms with E-state index in [9.17, 15) is 4.79 Å². The summed E-state index contributed by atoms with van der Waals surface area (Å²) in [7, 11) is 1.97. The largest absolute Gasteiger partial charge is 0.332 e. The summed E-state index contributed by atoms with van der Waals surface area (Å²) in [6, 6.07) is 17.8. The quantitative estimate of drug-likeness (QED) is 0.545. The standard InChI is InChI=1S/C22H20N6O/c1-26-21(16-7-3-2-4-8-16)17-11-12-27(13-19(17)25-26)22(29)18-9-5-6-10-20(18)28-15-23-14-24-28/h2-10,14-15H,11-13H2,1H3. The highest BCUT2D eigenvalue weighted by molar-refractivity contribution is 5.97. The van der Waals surface area contributed by atoms with Gasteiger partial charge >= 0.3 is 0 Å². The SMILES string of the molecule is Cn1nc2c(c1-c1ccccc1)CCN(C(=O)c1ccccc1-n1cncn1)C2. The molecule has 0 saturated carbocycles. The molecule has 4 aromatic rings. The van der Waals surface area contributed by atoms with Gasteiger partial charge in [0.2, 0.25) is 0 Å². The first-order chi connectivity index (χ1) is 14.2. The Labute approximate surface area is 168 Å². The van der Waals surface area contributed by atoms with Crippen molar-refractivity contribution in [3.8, 4) is 16.9 Å². The van der Waals surface area contributed by atoms with E-state index in [1.165, 1.54) is 11.9 Å². The molecule has 1 aliphatic rings. The van der Waals surface area contributed by atoms with Crippen LogP contribution in [-0.4, -0.2) is 41.9 Å². The van der Waals surface area contributed by atoms with Gasteiger partial charge < -0.3 is 4.90 Å². The van der Waals surface area contributed by atoms with Crippen LogP contribution in [0.5, 0.6) is 0 Å². The minimum Gasteiger partial charge on any atom is -0.332 e. The molecule has 0 aliphatic carbocycles. The van der Waals surface area contributed by atoms with Gasteiger partial charge in [-0.15, -0.1) is 0 Å². The van der Waals surface area contributed by atoms with Crippen molar-refractivity contribution in [2.45, 2.75) is 13.0 Å². The van der Waals surface area contributed by atoms with Crippen molar-refractivity contribution in [2.24, 2.45) is 7.05 Å². The first-order valence-corrected chi connectivity index (χ1v) is 9.56. The van der Waals surface area contributed by atoms with Crippen molar-refractivity contribution < 1.29 is 4.79 Å². The summed E-state index contributed by atoms with van der Waals surface area (Å²) in [6.45, 7) is 1.16. The Morgan fingerprint density at radius 1 is 1.03 bits per heavy atom. The highest BCUT2D eigenvalue weighted by atomic mass is 16.2. The van der Waals surface area contributed by atoms with E-state index in [4.69, 9.17) is 5.10 Å². The Bertz CT molecular complexity index is 1160. The third kappa shape index (κ3) is 3.00. The van der Waals surface area contributed by atoms with Crippen LogP contribution in [0.15, 0.2) is 67.3 Å². The monoisotopic (exact) mass is 384 g/mol. The molecule has 2 aromatic carbocycles. The normalized spacial score (nSPS) is 13.3. The molecule has 0 spiro atoms. The Kier molecular flexibility index (Phi) is 4.20. The van der Waals surface area contributed by atoms with Crippen molar-refractivity contribution in [3.63, 3.8) is 0 Å². The van der Waals surface area contributed by atoms with Gasteiger partial charge in [0.15, 0.2) is 0 Å². The summed E-state index contributed by atoms with van der Waals surface area (Å²) in [5.74, 6) is -0.0198. The number of aryl methyl sites for hydroxylation is 1. The fraction of sp³-hybridized carbons (Fsp3) is 0.182. The number of nitrogens with zero attached hydrogens (tertiary/aromatic N) is 6. The van der Waals surface area contributed by atoms with Crippen LogP contribution in [-0.2, 0) is 20.0 Å². The molecule has 0 atom stereocenters. The van der Waals surface area contributed by atoms with Crippen molar-refractivity contribution in [2.75, 3.05) is 6.54 Å². The highest BCUT2D eigenvalue weighted by Crippen LogP contribution is 2.30. The second kappa shape index (κ2) is 7.01. The Hall–Kier alpha value is -3.74. The molecule has 0 saturated heterocycles. The number of para-hydroxylation sites is 1. The van der Waals surface area contributed by atoms with Crippen molar-refractivity contribution in [1.82, 2.24) is 29.4 Å². The van der Waals surface area contributed by atoms with Crippen molar-refractivity contribution in [3.05, 3.63) is 84.1 Å². The molecule has 0 fully saturated rings. The van der Waals surface area contributed by atoms with E-state index < -0.39 is 0 Å². The van der Waals surface area contributed by atoms with Gasteiger partial charge in [-0.3, -0.25) is 9.48 Å². The molecular weight excluding hydrogens is 364 g/mol. The molecule has 3 heterocycles. The summed E-state index contributed by atoms with van der Waals surface area (Å²) in [6.07, 6.45) is 3.85. The van der Waals surface area contributed by atoms with Crippen LogP contribution in [0, 0.1) is 0 Å². The van der Waals surface area contributed by atoms with Gasteiger partial charge in [0.25, 0.3) is 5.91 Å². The molecular formula is C22H20N6O. The fourth-order valence-corrected chi connectivity index (χ4v) is 4.01. The predicted molar refractivity (Wildman–Crippen MR) is 108 cm³/mol. The topological polar surface area (TPSA) is 68.8 Å². The first kappa shape index (κ1) is 17.4. The van der Waals surface area contributed by atoms with Crippen LogP contribution < -0.4 is 0 Å². The fourth-order valence-electron chi connectivity index (χ4n) is 4.01. The van der Waals surface area contributed by atoms with Gasteiger partial charge in [-0.25, -0.2) is 9.67 Å². The molecule has 0 radical (unpaired) electrons. The number of carbonyl (C=O) groups is 1. The molecule has 144 valence electrons. The smallest absolute Gasteiger partial charge is 0.256 e. The second-order valence-electron chi connectivity index (χ2n) is 7.10. The van der Waals surface area contributed by atoms with E-state index in [1.807, 2.05) is 59.1 Å². The van der Waals surface area contributed by atoms with E-state index in [1.54, 1.807) is 11.0 Å². The summed E-state index contributed by atoms with van der Waals surface area (Å²) < 4.78 is 3.55. The van der Waals surface area contributed by atoms with Gasteiger partial charge in [0.1, 0.15) is 12.7 Å². The van der Waals surface area contributed by atoms with E-state index >= 15 is 0 Å². The number of amides is 1. The number of aromatic nitrogens is 5. The molecule has 7 heteroatoms. The predicted octanol–water partition coefficient (Wildman–Crippen LogP) is 2.87. The molecule has 0 N–H and O–H groups in total. The Morgan fingerprint density at radius 3 is 2.62 bits per heavy atom. The third-order valence-corrected chi connectivity index (χ3v) is 5.34. The lowest BCUT2D eigenvalue weighted by Gasteiger charge is -2.27. The van der Waals surface area contributed by atoms with Crippen LogP contribution in [0.25, 0.3) is 16.9 Å². The second-order valence-corrected chi connectivity index (χ2v) is 7.10. The molecule has 2 aromatic heterocycles. The molecule has 7 nitrogen and oxygen atoms in total. The van der Waals surface area contributed by atoms with Gasteiger partial charge in [-0.1, -0.05) is 42.5 Å². The van der Waals surface area contributed by atoms with Gasteiger partial charge in [0, 0.05) is 24.7 Å². The summed E-state index contributed by atoms with van der Waals surface area (Å²) >= 11 is 0. The summed E-state index contributed by atoms with van der Waals surface area (Å²) in [5, 5.41) is 8.90. The van der Waals surface area contributed by atoms with Crippen LogP contribution in [0.4, 0.5) is 0 Å². The summed E-state index contributed by atoms with van der Waals surface area (Å²) in [4.78, 5) is 19.2. The lowest BCUT2D eigenvalue weighted by Crippen LogP contribution is -2.36. The third-order valence-electron chi connectivity index (χ3n) is 5.34. The van der Waals surface area contributed by atoms with Crippen LogP contribution in [0.2, 0.25) is 0 Å². The van der Waals surface area contributed by atoms with Crippen LogP contribution in [0.1, 0.15) is 21.6 Å². The lowest BCUT2D eigenvalue weighted by molar-refractivity contribution is 0.0732. The Balaban J connectivity index is 1.46. The van der Waals surface area contributed by atoms with Crippen LogP contribution >= 0.6 is 0 Å². The molecule has 1 amide bonds. The highest BCUT2D eigenvalue weighted by Gasteiger charge is 2.28. The van der Waals surface area contributed by atoms with Gasteiger partial charge in [-0.05, 0) is 18.6 Å². The number of hydrogen-bond donors (Lipinski definition) is 0. The van der Waals surface area contributed by atoms with Crippen molar-refractivity contribution in [1.29, 1.82) is 0 Å². The van der Waals surface area contributed by atoms with E-state index in [2.05, 4.69) is 22.2 Å². The maximum atomic E-state index is 13.3. The molecule has 0 unspecified atom stereocenters. The van der Waals surface area contributed by atoms with E-state index in [-0.39, 0.29) is 5.91 Å². The maximum absolute atomic E-state index is 13.3. The number of carbonyl (C=O) groups excluding carboxylic acids is 1. The Morgan fingerprint density at radius 2 is 1.83 bits per heavy atom. The van der Waals surface area contributed by atoms with E-state index in [0.29, 0.717) is 18.7 Å². The lowest BCUT2D eigenvalue weighted by atomic mass is 9.99. The van der Waals surface area contributed by atoms with Gasteiger partial charge in [-0.2, -0.15) is 10.2 Å². The number of benzene rings is 2. The zero-order valence-electron chi connectivity index (χ0n) is 16.1. The maximum Gasteiger partial charge on any atom is 0.256 e. The number of hydrogen-bond acceptors (Lipinski definition) is 4. The zero-order chi connectivity index (χ0) is 19.8. The molecule has 1 aliphatic heterocycles. The van der Waals surface area contributed by atoms with Gasteiger partial charge in [0.05, 0.1) is 29.2 Å². The first-order valence-electron chi connectivity index (χ1n) is 9.56. The molecule has 29 heavy (non-hydrogen) atoms. The average Bonchev–Trinajstić information content (AvgIpc) is 3.40. The minimum atomic E-state index is -0.0198. The molecule has 5 rings (SSSR count). The average molecular weight is 384 g/mol. The van der Waals surface area contributed by atoms with E-state index in [0.717, 1.165) is 29.1 Å². The summed E-state index contributed by atoms with van der Waals surface area (Å²) in [5.41, 5.74) is 5.82. The van der Waals surface area contributed by atoms with Crippen molar-refractivity contribution >= 4 is 5.91 Å². The zero-order valence-corrected chi connectivity index (χ0v) is 16.1. The number of rotatable bonds is 3. The van der Waals surface area contributed by atoms with Crippen LogP contribution in [0.3, 0.4) is 0 Å². The molecule has 0 bridgehead atoms. The minimum absolute atomic E-state index is 0.0198. The number of fused-ring (bicyclic) bond motifs is 1.